The molecule has 0 heterocycles. The van der Waals surface area contributed by atoms with Crippen molar-refractivity contribution in [2.75, 3.05) is 47.5 Å². The number of likely N-dealkylation sites (N-methyl/N-ethyl adjacent to an activating group) is 1. The molecule has 0 aromatic carbocycles. The van der Waals surface area contributed by atoms with Crippen LogP contribution in [-0.2, 0) is 32.7 Å². The summed E-state index contributed by atoms with van der Waals surface area (Å²) in [6.45, 7) is 4.42. The summed E-state index contributed by atoms with van der Waals surface area (Å²) in [5.74, 6) is -0.802. The molecule has 0 amide bonds. The summed E-state index contributed by atoms with van der Waals surface area (Å²) in [4.78, 5) is 35.6. The number of phosphoric acid groups is 1. The Morgan fingerprint density at radius 3 is 1.21 bits per heavy atom. The molecule has 0 aliphatic rings. The van der Waals surface area contributed by atoms with E-state index in [1.165, 1.54) is 154 Å². The first-order valence-corrected chi connectivity index (χ1v) is 29.4. The van der Waals surface area contributed by atoms with Crippen LogP contribution < -0.4 is 0 Å². The lowest BCUT2D eigenvalue weighted by Crippen LogP contribution is -2.37. The van der Waals surface area contributed by atoms with Crippen LogP contribution in [0.1, 0.15) is 251 Å². The highest BCUT2D eigenvalue weighted by Crippen LogP contribution is 2.43. The maximum Gasteiger partial charge on any atom is 0.472 e. The SMILES string of the molecule is CCCCCCC/C=C\C/C=C\C/C=C\CCCCCCCCCCCCCCCCC(=O)OC(COC(=O)CCCCCCC/C=C\CCCCCCC)COP(=O)(O)OCC[N+](C)(C)C. The zero-order valence-electron chi connectivity index (χ0n) is 44.4. The Morgan fingerprint density at radius 2 is 0.806 bits per heavy atom. The zero-order chi connectivity index (χ0) is 49.2. The van der Waals surface area contributed by atoms with Crippen molar-refractivity contribution in [3.63, 3.8) is 0 Å². The minimum absolute atomic E-state index is 0.0302. The third kappa shape index (κ3) is 53.2. The van der Waals surface area contributed by atoms with Gasteiger partial charge in [0.15, 0.2) is 6.10 Å². The number of hydrogen-bond acceptors (Lipinski definition) is 7. The monoisotopic (exact) mass is 965 g/mol. The lowest BCUT2D eigenvalue weighted by atomic mass is 10.0. The van der Waals surface area contributed by atoms with E-state index in [-0.39, 0.29) is 32.0 Å². The Labute approximate surface area is 414 Å². The molecule has 1 N–H and O–H groups in total. The topological polar surface area (TPSA) is 108 Å². The van der Waals surface area contributed by atoms with Gasteiger partial charge in [-0.15, -0.1) is 0 Å². The van der Waals surface area contributed by atoms with Gasteiger partial charge in [0.1, 0.15) is 19.8 Å². The van der Waals surface area contributed by atoms with Crippen molar-refractivity contribution in [2.24, 2.45) is 0 Å². The highest BCUT2D eigenvalue weighted by atomic mass is 31.2. The molecule has 2 unspecified atom stereocenters. The molecule has 10 heteroatoms. The van der Waals surface area contributed by atoms with Crippen molar-refractivity contribution in [3.8, 4) is 0 Å². The molecule has 0 aliphatic heterocycles. The molecule has 0 aromatic heterocycles. The number of carbonyl (C=O) groups excluding carboxylic acids is 2. The molecule has 0 aromatic rings. The summed E-state index contributed by atoms with van der Waals surface area (Å²) in [5, 5.41) is 0. The summed E-state index contributed by atoms with van der Waals surface area (Å²) in [7, 11) is 1.48. The van der Waals surface area contributed by atoms with Gasteiger partial charge in [0.25, 0.3) is 0 Å². The summed E-state index contributed by atoms with van der Waals surface area (Å²) in [6, 6.07) is 0. The van der Waals surface area contributed by atoms with E-state index in [4.69, 9.17) is 18.5 Å². The Balaban J connectivity index is 4.12. The van der Waals surface area contributed by atoms with E-state index in [1.807, 2.05) is 21.1 Å². The van der Waals surface area contributed by atoms with Gasteiger partial charge in [0.05, 0.1) is 27.7 Å². The van der Waals surface area contributed by atoms with Gasteiger partial charge in [-0.3, -0.25) is 18.6 Å². The lowest BCUT2D eigenvalue weighted by molar-refractivity contribution is -0.870. The maximum absolute atomic E-state index is 12.8. The number of esters is 2. The van der Waals surface area contributed by atoms with Gasteiger partial charge in [0.2, 0.25) is 0 Å². The molecule has 0 aliphatic carbocycles. The molecule has 392 valence electrons. The van der Waals surface area contributed by atoms with Crippen molar-refractivity contribution < 1.29 is 42.1 Å². The molecule has 0 saturated carbocycles. The van der Waals surface area contributed by atoms with Gasteiger partial charge in [0, 0.05) is 12.8 Å². The van der Waals surface area contributed by atoms with Gasteiger partial charge in [-0.2, -0.15) is 0 Å². The minimum Gasteiger partial charge on any atom is -0.462 e. The second-order valence-electron chi connectivity index (χ2n) is 20.0. The lowest BCUT2D eigenvalue weighted by Gasteiger charge is -2.24. The normalized spacial score (nSPS) is 13.7. The van der Waals surface area contributed by atoms with Crippen LogP contribution in [0.5, 0.6) is 0 Å². The van der Waals surface area contributed by atoms with Crippen LogP contribution in [0.4, 0.5) is 0 Å². The molecule has 0 rings (SSSR count). The zero-order valence-corrected chi connectivity index (χ0v) is 45.3. The van der Waals surface area contributed by atoms with Gasteiger partial charge in [-0.25, -0.2) is 4.57 Å². The Hall–Kier alpha value is -2.03. The number of rotatable bonds is 51. The number of phosphoric ester groups is 1. The van der Waals surface area contributed by atoms with Crippen LogP contribution in [-0.4, -0.2) is 74.9 Å². The van der Waals surface area contributed by atoms with E-state index in [2.05, 4.69) is 62.5 Å². The summed E-state index contributed by atoms with van der Waals surface area (Å²) in [5.41, 5.74) is 0. The smallest absolute Gasteiger partial charge is 0.462 e. The van der Waals surface area contributed by atoms with Crippen LogP contribution in [0.15, 0.2) is 48.6 Å². The third-order valence-corrected chi connectivity index (χ3v) is 13.1. The molecular weight excluding hydrogens is 858 g/mol. The van der Waals surface area contributed by atoms with Crippen molar-refractivity contribution in [1.82, 2.24) is 0 Å². The molecule has 9 nitrogen and oxygen atoms in total. The molecule has 67 heavy (non-hydrogen) atoms. The molecule has 0 bridgehead atoms. The molecule has 2 atom stereocenters. The standard InChI is InChI=1S/C57H106NO8P/c1-6-8-10-12-14-16-18-20-22-23-24-25-26-27-28-29-30-31-32-33-34-35-36-38-40-42-44-46-48-50-57(60)66-55(54-65-67(61,62)64-52-51-58(3,4)5)53-63-56(59)49-47-45-43-41-39-37-21-19-17-15-13-11-9-7-2/h18-21,23-24,26-27,55H,6-17,22,25,28-54H2,1-5H3/p+1/b20-18-,21-19-,24-23-,27-26-. The van der Waals surface area contributed by atoms with E-state index in [1.54, 1.807) is 0 Å². The number of quaternary nitrogens is 1. The molecule has 0 saturated heterocycles. The van der Waals surface area contributed by atoms with Crippen molar-refractivity contribution in [3.05, 3.63) is 48.6 Å². The summed E-state index contributed by atoms with van der Waals surface area (Å²) in [6.07, 6.45) is 60.3. The van der Waals surface area contributed by atoms with E-state index in [0.29, 0.717) is 17.4 Å². The number of allylic oxidation sites excluding steroid dienone is 8. The molecular formula is C57H107NO8P+. The van der Waals surface area contributed by atoms with E-state index >= 15 is 0 Å². The summed E-state index contributed by atoms with van der Waals surface area (Å²) >= 11 is 0. The fraction of sp³-hybridized carbons (Fsp3) is 0.825. The average molecular weight is 965 g/mol. The minimum atomic E-state index is -4.38. The van der Waals surface area contributed by atoms with Gasteiger partial charge < -0.3 is 18.9 Å². The molecule has 0 spiro atoms. The van der Waals surface area contributed by atoms with Gasteiger partial charge in [-0.05, 0) is 77.0 Å². The second kappa shape index (κ2) is 49.0. The quantitative estimate of drug-likeness (QED) is 0.0211. The Kier molecular flexibility index (Phi) is 47.5. The predicted molar refractivity (Wildman–Crippen MR) is 284 cm³/mol. The van der Waals surface area contributed by atoms with Crippen LogP contribution in [0.25, 0.3) is 0 Å². The van der Waals surface area contributed by atoms with Crippen LogP contribution in [0, 0.1) is 0 Å². The number of nitrogens with zero attached hydrogens (tertiary/aromatic N) is 1. The summed E-state index contributed by atoms with van der Waals surface area (Å²) < 4.78 is 34.5. The van der Waals surface area contributed by atoms with Crippen molar-refractivity contribution in [2.45, 2.75) is 258 Å². The Bertz CT molecular complexity index is 1270. The van der Waals surface area contributed by atoms with Gasteiger partial charge in [-0.1, -0.05) is 210 Å². The number of hydrogen-bond donors (Lipinski definition) is 1. The first-order chi connectivity index (χ1) is 32.5. The van der Waals surface area contributed by atoms with E-state index < -0.39 is 26.5 Å². The highest BCUT2D eigenvalue weighted by Gasteiger charge is 2.27. The van der Waals surface area contributed by atoms with E-state index in [0.717, 1.165) is 64.2 Å². The van der Waals surface area contributed by atoms with Crippen molar-refractivity contribution >= 4 is 19.8 Å². The number of carbonyl (C=O) groups is 2. The maximum atomic E-state index is 12.8. The number of unbranched alkanes of at least 4 members (excludes halogenated alkanes) is 29. The third-order valence-electron chi connectivity index (χ3n) is 12.1. The fourth-order valence-corrected chi connectivity index (χ4v) is 8.46. The van der Waals surface area contributed by atoms with Crippen LogP contribution in [0.3, 0.4) is 0 Å². The van der Waals surface area contributed by atoms with Crippen LogP contribution >= 0.6 is 7.82 Å². The van der Waals surface area contributed by atoms with E-state index in [9.17, 15) is 19.0 Å². The average Bonchev–Trinajstić information content (AvgIpc) is 3.29. The highest BCUT2D eigenvalue weighted by molar-refractivity contribution is 7.47. The van der Waals surface area contributed by atoms with Crippen molar-refractivity contribution in [1.29, 1.82) is 0 Å². The number of ether oxygens (including phenoxy) is 2. The Morgan fingerprint density at radius 1 is 0.463 bits per heavy atom. The molecule has 0 radical (unpaired) electrons. The fourth-order valence-electron chi connectivity index (χ4n) is 7.72. The first kappa shape index (κ1) is 65.0. The predicted octanol–water partition coefficient (Wildman–Crippen LogP) is 17.0. The van der Waals surface area contributed by atoms with Gasteiger partial charge >= 0.3 is 19.8 Å². The second-order valence-corrected chi connectivity index (χ2v) is 21.4. The molecule has 0 fully saturated rings. The largest absolute Gasteiger partial charge is 0.472 e. The first-order valence-electron chi connectivity index (χ1n) is 27.9. The van der Waals surface area contributed by atoms with Crippen LogP contribution in [0.2, 0.25) is 0 Å².